The molecule has 0 saturated carbocycles. The number of rotatable bonds is 2. The Morgan fingerprint density at radius 3 is 2.69 bits per heavy atom. The van der Waals surface area contributed by atoms with Gasteiger partial charge in [0.25, 0.3) is 5.91 Å². The third-order valence-electron chi connectivity index (χ3n) is 6.32. The zero-order valence-corrected chi connectivity index (χ0v) is 18.0. The van der Waals surface area contributed by atoms with E-state index >= 15 is 0 Å². The average molecular weight is 431 g/mol. The molecule has 2 aromatic heterocycles. The molecule has 2 fully saturated rings. The minimum atomic E-state index is 0. The highest BCUT2D eigenvalue weighted by molar-refractivity contribution is 6.30. The number of hydrogen-bond donors (Lipinski definition) is 0. The lowest BCUT2D eigenvalue weighted by Crippen LogP contribution is -2.33. The van der Waals surface area contributed by atoms with Gasteiger partial charge in [0.15, 0.2) is 0 Å². The van der Waals surface area contributed by atoms with Crippen molar-refractivity contribution in [3.63, 3.8) is 0 Å². The van der Waals surface area contributed by atoms with Gasteiger partial charge >= 0.3 is 0 Å². The van der Waals surface area contributed by atoms with Crippen molar-refractivity contribution in [2.75, 3.05) is 26.7 Å². The number of nitrogens with zero attached hydrogens (tertiary/aromatic N) is 4. The predicted molar refractivity (Wildman–Crippen MR) is 117 cm³/mol. The van der Waals surface area contributed by atoms with Gasteiger partial charge in [0.2, 0.25) is 0 Å². The molecular weight excluding hydrogens is 407 g/mol. The number of carbonyl (C=O) groups is 1. The van der Waals surface area contributed by atoms with Gasteiger partial charge in [0.05, 0.1) is 5.02 Å². The second kappa shape index (κ2) is 7.63. The van der Waals surface area contributed by atoms with Gasteiger partial charge in [-0.05, 0) is 43.1 Å². The molecule has 5 nitrogen and oxygen atoms in total. The minimum Gasteiger partial charge on any atom is -0.337 e. The lowest BCUT2D eigenvalue weighted by molar-refractivity contribution is 0.0762. The van der Waals surface area contributed by atoms with Crippen molar-refractivity contribution in [2.24, 2.45) is 11.8 Å². The molecule has 0 spiro atoms. The fourth-order valence-electron chi connectivity index (χ4n) is 5.04. The van der Waals surface area contributed by atoms with E-state index in [-0.39, 0.29) is 18.3 Å². The first-order valence-corrected chi connectivity index (χ1v) is 10.1. The molecule has 29 heavy (non-hydrogen) atoms. The number of aromatic nitrogens is 2. The van der Waals surface area contributed by atoms with E-state index in [1.807, 2.05) is 15.4 Å². The Hall–Kier alpha value is -2.08. The molecule has 0 bridgehead atoms. The molecule has 1 aromatic carbocycles. The molecule has 0 aliphatic carbocycles. The number of hydrogen-bond acceptors (Lipinski definition) is 3. The fourth-order valence-corrected chi connectivity index (χ4v) is 5.21. The molecule has 3 atom stereocenters. The van der Waals surface area contributed by atoms with Crippen LogP contribution in [0.5, 0.6) is 0 Å². The van der Waals surface area contributed by atoms with E-state index in [0.717, 1.165) is 25.3 Å². The molecule has 4 heterocycles. The average Bonchev–Trinajstić information content (AvgIpc) is 3.34. The monoisotopic (exact) mass is 430 g/mol. The number of carbonyl (C=O) groups excluding carboxylic acids is 1. The predicted octanol–water partition coefficient (Wildman–Crippen LogP) is 4.09. The Bertz CT molecular complexity index is 1070. The molecule has 3 aromatic rings. The van der Waals surface area contributed by atoms with E-state index < -0.39 is 0 Å². The number of fused-ring (bicyclic) bond motifs is 2. The molecule has 0 unspecified atom stereocenters. The molecule has 7 heteroatoms. The van der Waals surface area contributed by atoms with Crippen molar-refractivity contribution < 1.29 is 4.79 Å². The van der Waals surface area contributed by atoms with E-state index in [4.69, 9.17) is 11.6 Å². The maximum atomic E-state index is 13.1. The summed E-state index contributed by atoms with van der Waals surface area (Å²) >= 11 is 6.05. The van der Waals surface area contributed by atoms with Crippen LogP contribution in [0.3, 0.4) is 0 Å². The first-order valence-electron chi connectivity index (χ1n) is 9.70. The van der Waals surface area contributed by atoms with Crippen molar-refractivity contribution in [2.45, 2.75) is 13.0 Å². The zero-order valence-electron chi connectivity index (χ0n) is 16.5. The summed E-state index contributed by atoms with van der Waals surface area (Å²) in [6.45, 7) is 4.77. The smallest absolute Gasteiger partial charge is 0.274 e. The Kier molecular flexibility index (Phi) is 5.32. The first-order chi connectivity index (χ1) is 13.5. The highest BCUT2D eigenvalue weighted by Crippen LogP contribution is 2.45. The summed E-state index contributed by atoms with van der Waals surface area (Å²) < 4.78 is 1.82. The fraction of sp³-hybridized carbons (Fsp3) is 0.364. The van der Waals surface area contributed by atoms with Gasteiger partial charge in [-0.25, -0.2) is 4.98 Å². The van der Waals surface area contributed by atoms with Crippen LogP contribution in [0.4, 0.5) is 0 Å². The summed E-state index contributed by atoms with van der Waals surface area (Å²) in [7, 11) is 2.20. The molecule has 2 aliphatic rings. The highest BCUT2D eigenvalue weighted by Gasteiger charge is 2.47. The Morgan fingerprint density at radius 1 is 1.10 bits per heavy atom. The van der Waals surface area contributed by atoms with Crippen LogP contribution in [0.25, 0.3) is 5.65 Å². The zero-order chi connectivity index (χ0) is 19.4. The van der Waals surface area contributed by atoms with E-state index in [0.29, 0.717) is 28.6 Å². The molecule has 1 amide bonds. The maximum Gasteiger partial charge on any atom is 0.274 e. The third kappa shape index (κ3) is 3.41. The normalized spacial score (nSPS) is 24.0. The molecule has 0 N–H and O–H groups in total. The molecule has 2 aliphatic heterocycles. The van der Waals surface area contributed by atoms with Crippen LogP contribution < -0.4 is 0 Å². The van der Waals surface area contributed by atoms with Crippen molar-refractivity contribution in [3.05, 3.63) is 70.6 Å². The SMILES string of the molecule is Cc1ccccc1[C@@H]1[C@@H]2CN(C(=O)c3cn4cc(Cl)ccc4n3)C[C@@H]2CN1C.Cl. The minimum absolute atomic E-state index is 0. The molecule has 2 saturated heterocycles. The van der Waals surface area contributed by atoms with Crippen molar-refractivity contribution >= 4 is 35.6 Å². The van der Waals surface area contributed by atoms with E-state index in [2.05, 4.69) is 48.1 Å². The van der Waals surface area contributed by atoms with Gasteiger partial charge in [-0.1, -0.05) is 35.9 Å². The lowest BCUT2D eigenvalue weighted by Gasteiger charge is -2.27. The third-order valence-corrected chi connectivity index (χ3v) is 6.55. The van der Waals surface area contributed by atoms with E-state index in [1.165, 1.54) is 11.1 Å². The van der Waals surface area contributed by atoms with Gasteiger partial charge in [0.1, 0.15) is 11.3 Å². The van der Waals surface area contributed by atoms with E-state index in [1.54, 1.807) is 18.5 Å². The second-order valence-corrected chi connectivity index (χ2v) is 8.55. The Morgan fingerprint density at radius 2 is 1.90 bits per heavy atom. The highest BCUT2D eigenvalue weighted by atomic mass is 35.5. The lowest BCUT2D eigenvalue weighted by atomic mass is 9.88. The number of likely N-dealkylation sites (tertiary alicyclic amines) is 2. The standard InChI is InChI=1S/C22H23ClN4O.ClH/c1-14-5-3-4-6-17(14)21-18-12-27(10-15(18)9-25(21)2)22(28)19-13-26-11-16(23)7-8-20(26)24-19;/h3-8,11,13,15,18,21H,9-10,12H2,1-2H3;1H/t15-,18+,21+;/m0./s1. The van der Waals surface area contributed by atoms with Crippen LogP contribution in [0, 0.1) is 18.8 Å². The first kappa shape index (κ1) is 20.2. The summed E-state index contributed by atoms with van der Waals surface area (Å²) in [5.41, 5.74) is 3.93. The largest absolute Gasteiger partial charge is 0.337 e. The molecule has 0 radical (unpaired) electrons. The van der Waals surface area contributed by atoms with Crippen molar-refractivity contribution in [1.82, 2.24) is 19.2 Å². The number of benzene rings is 1. The van der Waals surface area contributed by atoms with Crippen LogP contribution in [0.1, 0.15) is 27.7 Å². The van der Waals surface area contributed by atoms with Crippen molar-refractivity contribution in [3.8, 4) is 0 Å². The Labute approximate surface area is 181 Å². The quantitative estimate of drug-likeness (QED) is 0.614. The van der Waals surface area contributed by atoms with E-state index in [9.17, 15) is 4.79 Å². The molecule has 5 rings (SSSR count). The summed E-state index contributed by atoms with van der Waals surface area (Å²) in [5, 5.41) is 0.628. The van der Waals surface area contributed by atoms with Crippen LogP contribution in [0.15, 0.2) is 48.8 Å². The van der Waals surface area contributed by atoms with Gasteiger partial charge in [0, 0.05) is 44.0 Å². The van der Waals surface area contributed by atoms with Gasteiger partial charge in [-0.2, -0.15) is 0 Å². The summed E-state index contributed by atoms with van der Waals surface area (Å²) in [6, 6.07) is 12.6. The number of imidazole rings is 1. The number of amides is 1. The van der Waals surface area contributed by atoms with Crippen LogP contribution in [-0.4, -0.2) is 51.8 Å². The summed E-state index contributed by atoms with van der Waals surface area (Å²) in [6.07, 6.45) is 3.56. The topological polar surface area (TPSA) is 40.9 Å². The maximum absolute atomic E-state index is 13.1. The number of aryl methyl sites for hydroxylation is 1. The van der Waals surface area contributed by atoms with Crippen molar-refractivity contribution in [1.29, 1.82) is 0 Å². The number of halogens is 2. The van der Waals surface area contributed by atoms with Gasteiger partial charge in [-0.3, -0.25) is 9.69 Å². The van der Waals surface area contributed by atoms with Crippen LogP contribution in [0.2, 0.25) is 5.02 Å². The Balaban J connectivity index is 0.00000205. The van der Waals surface area contributed by atoms with Gasteiger partial charge < -0.3 is 9.30 Å². The summed E-state index contributed by atoms with van der Waals surface area (Å²) in [5.74, 6) is 0.979. The van der Waals surface area contributed by atoms with Gasteiger partial charge in [-0.15, -0.1) is 12.4 Å². The van der Waals surface area contributed by atoms with Crippen LogP contribution in [-0.2, 0) is 0 Å². The molecule has 152 valence electrons. The van der Waals surface area contributed by atoms with Crippen LogP contribution >= 0.6 is 24.0 Å². The molecular formula is C22H24Cl2N4O. The summed E-state index contributed by atoms with van der Waals surface area (Å²) in [4.78, 5) is 22.1. The number of pyridine rings is 1. The second-order valence-electron chi connectivity index (χ2n) is 8.11.